The summed E-state index contributed by atoms with van der Waals surface area (Å²) in [6, 6.07) is -4.33. The molecule has 0 saturated carbocycles. The summed E-state index contributed by atoms with van der Waals surface area (Å²) in [6.07, 6.45) is -0.663. The lowest BCUT2D eigenvalue weighted by atomic mass is 10.0. The number of carboxylic acids is 2. The predicted molar refractivity (Wildman–Crippen MR) is 94.5 cm³/mol. The molecule has 0 aliphatic heterocycles. The Bertz CT molecular complexity index is 577. The summed E-state index contributed by atoms with van der Waals surface area (Å²) in [4.78, 5) is 58.1. The molecular weight excluding hydrogens is 360 g/mol. The van der Waals surface area contributed by atoms with Crippen LogP contribution in [0, 0.1) is 5.92 Å². The van der Waals surface area contributed by atoms with Crippen LogP contribution in [0.15, 0.2) is 0 Å². The van der Waals surface area contributed by atoms with Crippen LogP contribution in [0.4, 0.5) is 0 Å². The van der Waals surface area contributed by atoms with Gasteiger partial charge in [0, 0.05) is 6.42 Å². The van der Waals surface area contributed by atoms with Gasteiger partial charge in [-0.3, -0.25) is 19.2 Å². The number of carboxylic acid groups (broad SMARTS) is 2. The van der Waals surface area contributed by atoms with E-state index in [0.717, 1.165) is 0 Å². The minimum Gasteiger partial charge on any atom is -0.481 e. The SMILES string of the molecule is CC(N)C(=O)NC(C)C(=O)NC(CCC(=O)O)C(=O)NC(C(=O)O)C(C)C. The topological polar surface area (TPSA) is 188 Å². The summed E-state index contributed by atoms with van der Waals surface area (Å²) in [5.74, 6) is -4.98. The van der Waals surface area contributed by atoms with E-state index < -0.39 is 66.2 Å². The molecule has 0 aliphatic rings. The van der Waals surface area contributed by atoms with Crippen molar-refractivity contribution < 1.29 is 34.2 Å². The zero-order valence-electron chi connectivity index (χ0n) is 15.8. The number of aliphatic carboxylic acids is 2. The van der Waals surface area contributed by atoms with Gasteiger partial charge in [-0.05, 0) is 26.2 Å². The number of carbonyl (C=O) groups is 5. The third kappa shape index (κ3) is 8.99. The molecule has 0 radical (unpaired) electrons. The van der Waals surface area contributed by atoms with E-state index in [2.05, 4.69) is 16.0 Å². The minimum absolute atomic E-state index is 0.245. The molecule has 3 amide bonds. The lowest BCUT2D eigenvalue weighted by Crippen LogP contribution is -2.56. The first-order valence-electron chi connectivity index (χ1n) is 8.48. The number of nitrogens with one attached hydrogen (secondary N) is 3. The van der Waals surface area contributed by atoms with Crippen molar-refractivity contribution >= 4 is 29.7 Å². The highest BCUT2D eigenvalue weighted by atomic mass is 16.4. The van der Waals surface area contributed by atoms with Crippen LogP contribution in [0.5, 0.6) is 0 Å². The fourth-order valence-electron chi connectivity index (χ4n) is 2.01. The maximum atomic E-state index is 12.4. The molecule has 27 heavy (non-hydrogen) atoms. The Morgan fingerprint density at radius 3 is 1.81 bits per heavy atom. The average Bonchev–Trinajstić information content (AvgIpc) is 2.54. The largest absolute Gasteiger partial charge is 0.481 e. The van der Waals surface area contributed by atoms with Gasteiger partial charge >= 0.3 is 11.9 Å². The molecular formula is C16H28N4O7. The van der Waals surface area contributed by atoms with Gasteiger partial charge in [-0.25, -0.2) is 4.79 Å². The van der Waals surface area contributed by atoms with Crippen molar-refractivity contribution in [1.29, 1.82) is 0 Å². The minimum atomic E-state index is -1.27. The number of rotatable bonds is 11. The Morgan fingerprint density at radius 2 is 1.41 bits per heavy atom. The maximum absolute atomic E-state index is 12.4. The Labute approximate surface area is 157 Å². The number of hydrogen-bond acceptors (Lipinski definition) is 6. The van der Waals surface area contributed by atoms with Crippen LogP contribution in [0.3, 0.4) is 0 Å². The van der Waals surface area contributed by atoms with Crippen molar-refractivity contribution in [2.45, 2.75) is 64.7 Å². The van der Waals surface area contributed by atoms with Gasteiger partial charge in [0.05, 0.1) is 6.04 Å². The first kappa shape index (κ1) is 24.3. The molecule has 0 aromatic carbocycles. The Balaban J connectivity index is 5.14. The van der Waals surface area contributed by atoms with Crippen LogP contribution >= 0.6 is 0 Å². The number of nitrogens with two attached hydrogens (primary N) is 1. The molecule has 0 saturated heterocycles. The zero-order valence-corrected chi connectivity index (χ0v) is 15.8. The van der Waals surface area contributed by atoms with Crippen LogP contribution in [0.25, 0.3) is 0 Å². The summed E-state index contributed by atoms with van der Waals surface area (Å²) < 4.78 is 0. The van der Waals surface area contributed by atoms with Crippen molar-refractivity contribution in [3.8, 4) is 0 Å². The highest BCUT2D eigenvalue weighted by molar-refractivity contribution is 5.94. The van der Waals surface area contributed by atoms with Gasteiger partial charge in [0.25, 0.3) is 0 Å². The molecule has 0 bridgehead atoms. The molecule has 0 heterocycles. The lowest BCUT2D eigenvalue weighted by Gasteiger charge is -2.24. The normalized spacial score (nSPS) is 15.2. The first-order valence-corrected chi connectivity index (χ1v) is 8.48. The van der Waals surface area contributed by atoms with E-state index in [1.165, 1.54) is 13.8 Å². The van der Waals surface area contributed by atoms with E-state index >= 15 is 0 Å². The molecule has 154 valence electrons. The molecule has 4 atom stereocenters. The van der Waals surface area contributed by atoms with Crippen LogP contribution in [-0.4, -0.2) is 64.0 Å². The van der Waals surface area contributed by atoms with E-state index in [0.29, 0.717) is 0 Å². The maximum Gasteiger partial charge on any atom is 0.326 e. The van der Waals surface area contributed by atoms with Gasteiger partial charge in [-0.15, -0.1) is 0 Å². The van der Waals surface area contributed by atoms with Crippen molar-refractivity contribution in [3.63, 3.8) is 0 Å². The fraction of sp³-hybridized carbons (Fsp3) is 0.688. The summed E-state index contributed by atoms with van der Waals surface area (Å²) in [7, 11) is 0. The summed E-state index contributed by atoms with van der Waals surface area (Å²) in [5.41, 5.74) is 5.40. The molecule has 0 aromatic heterocycles. The third-order valence-electron chi connectivity index (χ3n) is 3.68. The molecule has 7 N–H and O–H groups in total. The molecule has 0 aliphatic carbocycles. The lowest BCUT2D eigenvalue weighted by molar-refractivity contribution is -0.144. The number of hydrogen-bond donors (Lipinski definition) is 6. The van der Waals surface area contributed by atoms with Crippen LogP contribution in [0.1, 0.15) is 40.5 Å². The average molecular weight is 388 g/mol. The second-order valence-corrected chi connectivity index (χ2v) is 6.58. The second-order valence-electron chi connectivity index (χ2n) is 6.58. The zero-order chi connectivity index (χ0) is 21.3. The fourth-order valence-corrected chi connectivity index (χ4v) is 2.01. The van der Waals surface area contributed by atoms with E-state index in [1.54, 1.807) is 13.8 Å². The van der Waals surface area contributed by atoms with Crippen LogP contribution < -0.4 is 21.7 Å². The second kappa shape index (κ2) is 11.1. The number of carbonyl (C=O) groups excluding carboxylic acids is 3. The van der Waals surface area contributed by atoms with Crippen molar-refractivity contribution in [3.05, 3.63) is 0 Å². The van der Waals surface area contributed by atoms with Gasteiger partial charge in [0.1, 0.15) is 18.1 Å². The van der Waals surface area contributed by atoms with Gasteiger partial charge in [0.15, 0.2) is 0 Å². The smallest absolute Gasteiger partial charge is 0.326 e. The van der Waals surface area contributed by atoms with Crippen molar-refractivity contribution in [2.75, 3.05) is 0 Å². The van der Waals surface area contributed by atoms with E-state index in [4.69, 9.17) is 15.9 Å². The molecule has 0 rings (SSSR count). The number of amides is 3. The van der Waals surface area contributed by atoms with Gasteiger partial charge in [0.2, 0.25) is 17.7 Å². The Morgan fingerprint density at radius 1 is 0.852 bits per heavy atom. The van der Waals surface area contributed by atoms with Crippen molar-refractivity contribution in [1.82, 2.24) is 16.0 Å². The summed E-state index contributed by atoms with van der Waals surface area (Å²) >= 11 is 0. The van der Waals surface area contributed by atoms with E-state index in [1.807, 2.05) is 0 Å². The molecule has 0 fully saturated rings. The predicted octanol–water partition coefficient (Wildman–Crippen LogP) is -1.59. The van der Waals surface area contributed by atoms with Crippen LogP contribution in [-0.2, 0) is 24.0 Å². The van der Waals surface area contributed by atoms with Gasteiger partial charge in [-0.1, -0.05) is 13.8 Å². The molecule has 11 heteroatoms. The molecule has 0 aromatic rings. The highest BCUT2D eigenvalue weighted by Crippen LogP contribution is 2.05. The molecule has 4 unspecified atom stereocenters. The van der Waals surface area contributed by atoms with Gasteiger partial charge < -0.3 is 31.9 Å². The Hall–Kier alpha value is -2.69. The van der Waals surface area contributed by atoms with E-state index in [-0.39, 0.29) is 6.42 Å². The highest BCUT2D eigenvalue weighted by Gasteiger charge is 2.30. The van der Waals surface area contributed by atoms with Crippen LogP contribution in [0.2, 0.25) is 0 Å². The monoisotopic (exact) mass is 388 g/mol. The quantitative estimate of drug-likeness (QED) is 0.244. The summed E-state index contributed by atoms with van der Waals surface area (Å²) in [6.45, 7) is 5.99. The first-order chi connectivity index (χ1) is 12.4. The molecule has 0 spiro atoms. The standard InChI is InChI=1S/C16H28N4O7/c1-7(2)12(16(26)27)20-15(25)10(5-6-11(21)22)19-14(24)9(4)18-13(23)8(3)17/h7-10,12H,5-6,17H2,1-4H3,(H,18,23)(H,19,24)(H,20,25)(H,21,22)(H,26,27). The van der Waals surface area contributed by atoms with Gasteiger partial charge in [-0.2, -0.15) is 0 Å². The van der Waals surface area contributed by atoms with E-state index in [9.17, 15) is 24.0 Å². The summed E-state index contributed by atoms with van der Waals surface area (Å²) in [5, 5.41) is 24.9. The Kier molecular flexibility index (Phi) is 10.0. The van der Waals surface area contributed by atoms with Crippen molar-refractivity contribution in [2.24, 2.45) is 11.7 Å². The molecule has 11 nitrogen and oxygen atoms in total. The third-order valence-corrected chi connectivity index (χ3v) is 3.68.